The third kappa shape index (κ3) is 2.77. The van der Waals surface area contributed by atoms with E-state index in [1.165, 1.54) is 0 Å². The fourth-order valence-corrected chi connectivity index (χ4v) is 2.57. The molecule has 0 saturated carbocycles. The monoisotopic (exact) mass is 263 g/mol. The number of nitrogens with zero attached hydrogens (tertiary/aromatic N) is 3. The molecule has 104 valence electrons. The summed E-state index contributed by atoms with van der Waals surface area (Å²) in [7, 11) is 3.55. The zero-order valence-corrected chi connectivity index (χ0v) is 11.7. The highest BCUT2D eigenvalue weighted by Gasteiger charge is 2.25. The van der Waals surface area contributed by atoms with Crippen molar-refractivity contribution in [3.63, 3.8) is 0 Å². The first-order chi connectivity index (χ1) is 9.17. The van der Waals surface area contributed by atoms with Crippen molar-refractivity contribution < 1.29 is 4.79 Å². The van der Waals surface area contributed by atoms with Crippen molar-refractivity contribution >= 4 is 17.5 Å². The van der Waals surface area contributed by atoms with E-state index in [0.717, 1.165) is 43.1 Å². The predicted octanol–water partition coefficient (Wildman–Crippen LogP) is 0.789. The molecule has 1 amide bonds. The Bertz CT molecular complexity index is 454. The summed E-state index contributed by atoms with van der Waals surface area (Å²) in [5, 5.41) is 5.79. The van der Waals surface area contributed by atoms with Gasteiger partial charge in [0, 0.05) is 38.7 Å². The maximum atomic E-state index is 11.6. The molecule has 0 radical (unpaired) electrons. The summed E-state index contributed by atoms with van der Waals surface area (Å²) in [6, 6.07) is 0. The van der Waals surface area contributed by atoms with Gasteiger partial charge in [0.2, 0.25) is 5.91 Å². The lowest BCUT2D eigenvalue weighted by molar-refractivity contribution is -0.125. The summed E-state index contributed by atoms with van der Waals surface area (Å²) < 4.78 is 0. The molecule has 0 aliphatic carbocycles. The van der Waals surface area contributed by atoms with Gasteiger partial charge in [0.25, 0.3) is 0 Å². The van der Waals surface area contributed by atoms with E-state index in [2.05, 4.69) is 25.5 Å². The predicted molar refractivity (Wildman–Crippen MR) is 75.3 cm³/mol. The van der Waals surface area contributed by atoms with Crippen molar-refractivity contribution in [3.8, 4) is 0 Å². The molecule has 1 aromatic rings. The van der Waals surface area contributed by atoms with Crippen molar-refractivity contribution in [1.29, 1.82) is 0 Å². The number of nitrogens with one attached hydrogen (secondary N) is 2. The number of hydrogen-bond donors (Lipinski definition) is 2. The standard InChI is InChI=1S/C13H21N5O/c1-9-11(14-2)16-8-17-12(9)18-6-4-10(5-7-18)13(19)15-3/h8,10H,4-7H2,1-3H3,(H,15,19)(H,14,16,17). The first-order valence-corrected chi connectivity index (χ1v) is 6.63. The quantitative estimate of drug-likeness (QED) is 0.843. The van der Waals surface area contributed by atoms with E-state index in [1.54, 1.807) is 13.4 Å². The summed E-state index contributed by atoms with van der Waals surface area (Å²) in [5.41, 5.74) is 1.06. The Morgan fingerprint density at radius 3 is 2.58 bits per heavy atom. The molecule has 1 aromatic heterocycles. The summed E-state index contributed by atoms with van der Waals surface area (Å²) >= 11 is 0. The first kappa shape index (κ1) is 13.6. The van der Waals surface area contributed by atoms with Gasteiger partial charge in [-0.3, -0.25) is 4.79 Å². The Kier molecular flexibility index (Phi) is 4.19. The maximum Gasteiger partial charge on any atom is 0.222 e. The van der Waals surface area contributed by atoms with Crippen LogP contribution in [0.5, 0.6) is 0 Å². The number of anilines is 2. The molecule has 0 unspecified atom stereocenters. The van der Waals surface area contributed by atoms with Gasteiger partial charge in [-0.15, -0.1) is 0 Å². The van der Waals surface area contributed by atoms with Crippen LogP contribution < -0.4 is 15.5 Å². The maximum absolute atomic E-state index is 11.6. The van der Waals surface area contributed by atoms with E-state index in [1.807, 2.05) is 14.0 Å². The second-order valence-electron chi connectivity index (χ2n) is 4.80. The summed E-state index contributed by atoms with van der Waals surface area (Å²) in [6.45, 7) is 3.74. The van der Waals surface area contributed by atoms with Gasteiger partial charge in [0.15, 0.2) is 0 Å². The number of amides is 1. The molecule has 19 heavy (non-hydrogen) atoms. The van der Waals surface area contributed by atoms with Crippen LogP contribution in [0.15, 0.2) is 6.33 Å². The Morgan fingerprint density at radius 2 is 2.00 bits per heavy atom. The van der Waals surface area contributed by atoms with Crippen LogP contribution in [0.25, 0.3) is 0 Å². The van der Waals surface area contributed by atoms with Gasteiger partial charge >= 0.3 is 0 Å². The highest BCUT2D eigenvalue weighted by molar-refractivity contribution is 5.78. The molecule has 2 heterocycles. The number of carbonyl (C=O) groups excluding carboxylic acids is 1. The number of carbonyl (C=O) groups is 1. The van der Waals surface area contributed by atoms with Crippen LogP contribution in [-0.2, 0) is 4.79 Å². The molecule has 0 bridgehead atoms. The molecule has 0 spiro atoms. The molecular weight excluding hydrogens is 242 g/mol. The topological polar surface area (TPSA) is 70.2 Å². The van der Waals surface area contributed by atoms with Crippen LogP contribution in [0.3, 0.4) is 0 Å². The molecule has 1 saturated heterocycles. The Balaban J connectivity index is 2.08. The molecule has 2 rings (SSSR count). The number of hydrogen-bond acceptors (Lipinski definition) is 5. The lowest BCUT2D eigenvalue weighted by Gasteiger charge is -2.32. The van der Waals surface area contributed by atoms with E-state index in [9.17, 15) is 4.79 Å². The van der Waals surface area contributed by atoms with E-state index in [4.69, 9.17) is 0 Å². The van der Waals surface area contributed by atoms with Gasteiger partial charge in [0.05, 0.1) is 0 Å². The Morgan fingerprint density at radius 1 is 1.32 bits per heavy atom. The molecule has 0 aromatic carbocycles. The number of piperidine rings is 1. The average Bonchev–Trinajstić information content (AvgIpc) is 2.47. The summed E-state index contributed by atoms with van der Waals surface area (Å²) in [4.78, 5) is 22.4. The van der Waals surface area contributed by atoms with Crippen LogP contribution in [0, 0.1) is 12.8 Å². The van der Waals surface area contributed by atoms with Crippen LogP contribution in [0.2, 0.25) is 0 Å². The molecule has 1 fully saturated rings. The SMILES string of the molecule is CNC(=O)C1CCN(c2ncnc(NC)c2C)CC1. The van der Waals surface area contributed by atoms with Crippen LogP contribution in [0.4, 0.5) is 11.6 Å². The fourth-order valence-electron chi connectivity index (χ4n) is 2.57. The van der Waals surface area contributed by atoms with Crippen molar-refractivity contribution in [2.45, 2.75) is 19.8 Å². The highest BCUT2D eigenvalue weighted by atomic mass is 16.1. The molecule has 2 N–H and O–H groups in total. The Hall–Kier alpha value is -1.85. The highest BCUT2D eigenvalue weighted by Crippen LogP contribution is 2.26. The lowest BCUT2D eigenvalue weighted by atomic mass is 9.96. The fraction of sp³-hybridized carbons (Fsp3) is 0.615. The average molecular weight is 263 g/mol. The molecule has 6 heteroatoms. The zero-order chi connectivity index (χ0) is 13.8. The number of aromatic nitrogens is 2. The molecule has 1 aliphatic heterocycles. The van der Waals surface area contributed by atoms with Crippen molar-refractivity contribution in [1.82, 2.24) is 15.3 Å². The van der Waals surface area contributed by atoms with Crippen LogP contribution in [-0.4, -0.2) is 43.1 Å². The minimum Gasteiger partial charge on any atom is -0.373 e. The smallest absolute Gasteiger partial charge is 0.222 e. The van der Waals surface area contributed by atoms with Gasteiger partial charge in [-0.1, -0.05) is 0 Å². The van der Waals surface area contributed by atoms with Gasteiger partial charge in [-0.05, 0) is 19.8 Å². The third-order valence-corrected chi connectivity index (χ3v) is 3.71. The second-order valence-corrected chi connectivity index (χ2v) is 4.80. The van der Waals surface area contributed by atoms with Crippen molar-refractivity contribution in [2.24, 2.45) is 5.92 Å². The minimum atomic E-state index is 0.132. The van der Waals surface area contributed by atoms with Crippen molar-refractivity contribution in [3.05, 3.63) is 11.9 Å². The third-order valence-electron chi connectivity index (χ3n) is 3.71. The molecule has 1 aliphatic rings. The normalized spacial score (nSPS) is 16.3. The first-order valence-electron chi connectivity index (χ1n) is 6.63. The minimum absolute atomic E-state index is 0.132. The van der Waals surface area contributed by atoms with Gasteiger partial charge in [-0.25, -0.2) is 9.97 Å². The molecular formula is C13H21N5O. The largest absolute Gasteiger partial charge is 0.373 e. The van der Waals surface area contributed by atoms with E-state index in [0.29, 0.717) is 0 Å². The lowest BCUT2D eigenvalue weighted by Crippen LogP contribution is -2.40. The zero-order valence-electron chi connectivity index (χ0n) is 11.7. The van der Waals surface area contributed by atoms with E-state index >= 15 is 0 Å². The molecule has 0 atom stereocenters. The second kappa shape index (κ2) is 5.86. The van der Waals surface area contributed by atoms with Crippen LogP contribution in [0.1, 0.15) is 18.4 Å². The van der Waals surface area contributed by atoms with E-state index < -0.39 is 0 Å². The summed E-state index contributed by atoms with van der Waals surface area (Å²) in [6.07, 6.45) is 3.33. The van der Waals surface area contributed by atoms with Crippen LogP contribution >= 0.6 is 0 Å². The van der Waals surface area contributed by atoms with Gasteiger partial charge < -0.3 is 15.5 Å². The molecule has 6 nitrogen and oxygen atoms in total. The number of rotatable bonds is 3. The van der Waals surface area contributed by atoms with Crippen molar-refractivity contribution in [2.75, 3.05) is 37.4 Å². The Labute approximate surface area is 113 Å². The van der Waals surface area contributed by atoms with Gasteiger partial charge in [-0.2, -0.15) is 0 Å². The van der Waals surface area contributed by atoms with Gasteiger partial charge in [0.1, 0.15) is 18.0 Å². The summed E-state index contributed by atoms with van der Waals surface area (Å²) in [5.74, 6) is 2.11. The van der Waals surface area contributed by atoms with E-state index in [-0.39, 0.29) is 11.8 Å².